The summed E-state index contributed by atoms with van der Waals surface area (Å²) in [6, 6.07) is 21.7. The Labute approximate surface area is 455 Å². The molecule has 0 heterocycles. The standard InChI is InChI=1S/C59H70O19/c1-65-46-18-13-38(14-21-56(61)71-7)42(26-46)33-76-52-27-40(16-23-58(63)73-9)44(31-48(52)67-3)35-78-54-29-41(17-24-59(64)74-10)45(32-50(54)69-5)36-77-53-28-39(15-22-57(62)72-8)43(30-49(53)68-4)34-75-51-25-37(11-19-47(51)66-2)12-20-55(60)70-6/h11,13,18-19,25-32H,12,14-17,20-24,33-36H2,1-10H3. The van der Waals surface area contributed by atoms with Gasteiger partial charge in [0.25, 0.3) is 0 Å². The number of methoxy groups -OCH3 is 10. The minimum Gasteiger partial charge on any atom is -0.497 e. The van der Waals surface area contributed by atoms with E-state index in [-0.39, 0.29) is 89.7 Å². The maximum absolute atomic E-state index is 12.6. The minimum absolute atomic E-state index is 0.00141. The number of ether oxygens (including phenoxy) is 14. The molecule has 420 valence electrons. The fraction of sp³-hybridized carbons (Fsp3) is 0.407. The second kappa shape index (κ2) is 31.0. The Balaban J connectivity index is 1.45. The van der Waals surface area contributed by atoms with Crippen molar-refractivity contribution in [3.05, 3.63) is 123 Å². The first kappa shape index (κ1) is 60.5. The first-order valence-corrected chi connectivity index (χ1v) is 25.0. The van der Waals surface area contributed by atoms with Gasteiger partial charge >= 0.3 is 29.8 Å². The molecule has 5 rings (SSSR count). The number of carbonyl (C=O) groups excluding carboxylic acids is 5. The van der Waals surface area contributed by atoms with E-state index < -0.39 is 17.9 Å². The largest absolute Gasteiger partial charge is 0.497 e. The molecular weight excluding hydrogens is 1010 g/mol. The third-order valence-corrected chi connectivity index (χ3v) is 12.8. The van der Waals surface area contributed by atoms with Gasteiger partial charge in [-0.1, -0.05) is 12.1 Å². The van der Waals surface area contributed by atoms with Crippen molar-refractivity contribution in [2.75, 3.05) is 71.1 Å². The number of esters is 5. The molecule has 0 aliphatic carbocycles. The maximum Gasteiger partial charge on any atom is 0.305 e. The molecule has 0 unspecified atom stereocenters. The molecule has 0 saturated carbocycles. The second-order valence-corrected chi connectivity index (χ2v) is 17.5. The van der Waals surface area contributed by atoms with Crippen molar-refractivity contribution >= 4 is 29.8 Å². The molecule has 0 spiro atoms. The third kappa shape index (κ3) is 17.6. The lowest BCUT2D eigenvalue weighted by Gasteiger charge is -2.20. The fourth-order valence-corrected chi connectivity index (χ4v) is 8.27. The van der Waals surface area contributed by atoms with E-state index in [0.29, 0.717) is 86.8 Å². The summed E-state index contributed by atoms with van der Waals surface area (Å²) < 4.78 is 79.0. The highest BCUT2D eigenvalue weighted by Gasteiger charge is 2.21. The van der Waals surface area contributed by atoms with Crippen LogP contribution in [0.1, 0.15) is 82.2 Å². The van der Waals surface area contributed by atoms with Gasteiger partial charge in [-0.3, -0.25) is 24.0 Å². The molecule has 0 amide bonds. The maximum atomic E-state index is 12.6. The van der Waals surface area contributed by atoms with Gasteiger partial charge < -0.3 is 66.3 Å². The first-order valence-electron chi connectivity index (χ1n) is 25.0. The summed E-state index contributed by atoms with van der Waals surface area (Å²) in [5.74, 6) is 1.92. The summed E-state index contributed by atoms with van der Waals surface area (Å²) in [6.07, 6.45) is 2.22. The zero-order valence-corrected chi connectivity index (χ0v) is 46.1. The van der Waals surface area contributed by atoms with Crippen LogP contribution in [0, 0.1) is 0 Å². The SMILES string of the molecule is COC(=O)CCc1ccc(OC)c(OCc2cc(OC)c(OCc3cc(OC)c(OCc4cc(OC)c(OCc5cc(OC)ccc5CCC(=O)OC)cc4CCC(=O)OC)cc3CCC(=O)OC)cc2CCC(=O)OC)c1. The summed E-state index contributed by atoms with van der Waals surface area (Å²) in [5.41, 5.74) is 6.72. The average Bonchev–Trinajstić information content (AvgIpc) is 3.49. The third-order valence-electron chi connectivity index (χ3n) is 12.8. The van der Waals surface area contributed by atoms with Crippen molar-refractivity contribution in [3.8, 4) is 51.7 Å². The van der Waals surface area contributed by atoms with Crippen molar-refractivity contribution in [2.45, 2.75) is 90.6 Å². The molecule has 19 heteroatoms. The van der Waals surface area contributed by atoms with Crippen LogP contribution in [0.3, 0.4) is 0 Å². The molecule has 0 bridgehead atoms. The van der Waals surface area contributed by atoms with E-state index in [9.17, 15) is 24.0 Å². The Hall–Kier alpha value is -8.35. The van der Waals surface area contributed by atoms with Crippen LogP contribution in [-0.2, 0) is 106 Å². The predicted octanol–water partition coefficient (Wildman–Crippen LogP) is 8.57. The Morgan fingerprint density at radius 3 is 0.923 bits per heavy atom. The molecule has 5 aromatic rings. The van der Waals surface area contributed by atoms with Gasteiger partial charge in [0.15, 0.2) is 46.0 Å². The lowest BCUT2D eigenvalue weighted by molar-refractivity contribution is -0.141. The zero-order valence-electron chi connectivity index (χ0n) is 46.1. The zero-order chi connectivity index (χ0) is 56.6. The van der Waals surface area contributed by atoms with Crippen LogP contribution in [0.5, 0.6) is 51.7 Å². The van der Waals surface area contributed by atoms with Gasteiger partial charge in [-0.2, -0.15) is 0 Å². The number of benzene rings is 5. The Morgan fingerprint density at radius 1 is 0.282 bits per heavy atom. The summed E-state index contributed by atoms with van der Waals surface area (Å²) >= 11 is 0. The molecular formula is C59H70O19. The van der Waals surface area contributed by atoms with Crippen molar-refractivity contribution in [1.29, 1.82) is 0 Å². The lowest BCUT2D eigenvalue weighted by Crippen LogP contribution is -2.10. The highest BCUT2D eigenvalue weighted by Crippen LogP contribution is 2.39. The Morgan fingerprint density at radius 2 is 0.590 bits per heavy atom. The molecule has 0 saturated heterocycles. The molecule has 0 aliphatic heterocycles. The van der Waals surface area contributed by atoms with E-state index in [1.807, 2.05) is 30.3 Å². The molecule has 0 fully saturated rings. The van der Waals surface area contributed by atoms with Gasteiger partial charge in [-0.25, -0.2) is 0 Å². The number of carbonyl (C=O) groups is 5. The van der Waals surface area contributed by atoms with E-state index in [0.717, 1.165) is 27.8 Å². The summed E-state index contributed by atoms with van der Waals surface area (Å²) in [5, 5.41) is 0. The normalized spacial score (nSPS) is 10.6. The average molecular weight is 1080 g/mol. The summed E-state index contributed by atoms with van der Waals surface area (Å²) in [4.78, 5) is 61.3. The molecule has 0 aliphatic rings. The highest BCUT2D eigenvalue weighted by molar-refractivity contribution is 5.71. The van der Waals surface area contributed by atoms with E-state index >= 15 is 0 Å². The van der Waals surface area contributed by atoms with Gasteiger partial charge in [0.05, 0.1) is 71.1 Å². The van der Waals surface area contributed by atoms with Crippen molar-refractivity contribution in [1.82, 2.24) is 0 Å². The lowest BCUT2D eigenvalue weighted by atomic mass is 10.0. The van der Waals surface area contributed by atoms with Gasteiger partial charge in [-0.15, -0.1) is 0 Å². The van der Waals surface area contributed by atoms with Crippen LogP contribution in [0.4, 0.5) is 0 Å². The summed E-state index contributed by atoms with van der Waals surface area (Å²) in [7, 11) is 14.3. The Bertz CT molecular complexity index is 2840. The molecule has 0 aromatic heterocycles. The quantitative estimate of drug-likeness (QED) is 0.0291. The predicted molar refractivity (Wildman–Crippen MR) is 284 cm³/mol. The monoisotopic (exact) mass is 1080 g/mol. The first-order chi connectivity index (χ1) is 37.7. The number of hydrogen-bond acceptors (Lipinski definition) is 19. The van der Waals surface area contributed by atoms with Crippen molar-refractivity contribution in [2.24, 2.45) is 0 Å². The summed E-state index contributed by atoms with van der Waals surface area (Å²) in [6.45, 7) is 0.155. The minimum atomic E-state index is -0.422. The van der Waals surface area contributed by atoms with Crippen LogP contribution >= 0.6 is 0 Å². The van der Waals surface area contributed by atoms with Gasteiger partial charge in [0.2, 0.25) is 0 Å². The molecule has 0 atom stereocenters. The number of hydrogen-bond donors (Lipinski definition) is 0. The van der Waals surface area contributed by atoms with E-state index in [1.54, 1.807) is 49.6 Å². The molecule has 0 N–H and O–H groups in total. The molecule has 5 aromatic carbocycles. The smallest absolute Gasteiger partial charge is 0.305 e. The van der Waals surface area contributed by atoms with Crippen LogP contribution in [-0.4, -0.2) is 101 Å². The van der Waals surface area contributed by atoms with E-state index in [2.05, 4.69) is 0 Å². The van der Waals surface area contributed by atoms with Crippen molar-refractivity contribution in [3.63, 3.8) is 0 Å². The highest BCUT2D eigenvalue weighted by atomic mass is 16.6. The fourth-order valence-electron chi connectivity index (χ4n) is 8.27. The van der Waals surface area contributed by atoms with Gasteiger partial charge in [-0.05, 0) is 143 Å². The number of aryl methyl sites for hydroxylation is 5. The molecule has 78 heavy (non-hydrogen) atoms. The Kier molecular flexibility index (Phi) is 24.1. The topological polar surface area (TPSA) is 215 Å². The number of rotatable bonds is 32. The van der Waals surface area contributed by atoms with Crippen LogP contribution < -0.4 is 42.6 Å². The second-order valence-electron chi connectivity index (χ2n) is 17.5. The van der Waals surface area contributed by atoms with E-state index in [4.69, 9.17) is 66.3 Å². The molecule has 19 nitrogen and oxygen atoms in total. The van der Waals surface area contributed by atoms with Crippen LogP contribution in [0.25, 0.3) is 0 Å². The van der Waals surface area contributed by atoms with E-state index in [1.165, 1.54) is 64.0 Å². The molecule has 0 radical (unpaired) electrons. The van der Waals surface area contributed by atoms with Gasteiger partial charge in [0.1, 0.15) is 32.2 Å². The van der Waals surface area contributed by atoms with Gasteiger partial charge in [0, 0.05) is 32.1 Å². The van der Waals surface area contributed by atoms with Crippen molar-refractivity contribution < 1.29 is 90.3 Å². The van der Waals surface area contributed by atoms with Crippen LogP contribution in [0.2, 0.25) is 0 Å². The van der Waals surface area contributed by atoms with Crippen LogP contribution in [0.15, 0.2) is 72.8 Å².